The van der Waals surface area contributed by atoms with Crippen LogP contribution in [-0.2, 0) is 16.1 Å². The molecule has 0 saturated carbocycles. The number of ether oxygens (including phenoxy) is 1. The first-order valence-corrected chi connectivity index (χ1v) is 10.3. The van der Waals surface area contributed by atoms with Crippen LogP contribution in [0.3, 0.4) is 0 Å². The van der Waals surface area contributed by atoms with Crippen molar-refractivity contribution in [2.24, 2.45) is 10.7 Å². The second-order valence-corrected chi connectivity index (χ2v) is 7.81. The van der Waals surface area contributed by atoms with E-state index in [1.165, 1.54) is 0 Å². The van der Waals surface area contributed by atoms with Crippen molar-refractivity contribution in [3.05, 3.63) is 35.4 Å². The summed E-state index contributed by atoms with van der Waals surface area (Å²) in [5, 5.41) is 9.18. The molecule has 2 amide bonds. The molecule has 10 heteroatoms. The highest BCUT2D eigenvalue weighted by Crippen LogP contribution is 2.15. The summed E-state index contributed by atoms with van der Waals surface area (Å²) < 4.78 is 5.45. The number of amides is 2. The summed E-state index contributed by atoms with van der Waals surface area (Å²) in [6.45, 7) is 11.7. The number of aliphatic imine (C=N–C) groups is 1. The zero-order valence-corrected chi connectivity index (χ0v) is 20.9. The Kier molecular flexibility index (Phi) is 11.8. The molecule has 1 heterocycles. The van der Waals surface area contributed by atoms with E-state index in [1.54, 1.807) is 12.1 Å². The lowest BCUT2D eigenvalue weighted by atomic mass is 10.0. The maximum atomic E-state index is 11.9. The van der Waals surface area contributed by atoms with Gasteiger partial charge in [-0.05, 0) is 38.5 Å². The van der Waals surface area contributed by atoms with Crippen molar-refractivity contribution in [2.75, 3.05) is 45.9 Å². The summed E-state index contributed by atoms with van der Waals surface area (Å²) in [6, 6.07) is 7.12. The van der Waals surface area contributed by atoms with Gasteiger partial charge in [-0.25, -0.2) is 4.99 Å². The molecule has 1 saturated heterocycles. The fourth-order valence-electron chi connectivity index (χ4n) is 3.12. The number of benzene rings is 1. The van der Waals surface area contributed by atoms with Gasteiger partial charge in [0.2, 0.25) is 5.91 Å². The van der Waals surface area contributed by atoms with Crippen LogP contribution in [-0.4, -0.2) is 74.2 Å². The second kappa shape index (κ2) is 13.5. The number of nitrogens with two attached hydrogens (primary N) is 1. The summed E-state index contributed by atoms with van der Waals surface area (Å²) in [4.78, 5) is 29.8. The van der Waals surface area contributed by atoms with Gasteiger partial charge < -0.3 is 26.4 Å². The van der Waals surface area contributed by atoms with E-state index < -0.39 is 5.91 Å². The number of hydrogen-bond donors (Lipinski definition) is 4. The maximum Gasteiger partial charge on any atom is 0.251 e. The van der Waals surface area contributed by atoms with Crippen molar-refractivity contribution in [3.63, 3.8) is 0 Å². The summed E-state index contributed by atoms with van der Waals surface area (Å²) in [7, 11) is 0. The Bertz CT molecular complexity index is 733. The molecule has 31 heavy (non-hydrogen) atoms. The first kappa shape index (κ1) is 27.1. The Morgan fingerprint density at radius 1 is 1.13 bits per heavy atom. The fraction of sp³-hybridized carbons (Fsp3) is 0.571. The fourth-order valence-corrected chi connectivity index (χ4v) is 3.12. The smallest absolute Gasteiger partial charge is 0.251 e. The van der Waals surface area contributed by atoms with Crippen LogP contribution in [0.1, 0.15) is 36.7 Å². The van der Waals surface area contributed by atoms with Crippen LogP contribution in [0, 0.1) is 0 Å². The molecule has 9 nitrogen and oxygen atoms in total. The van der Waals surface area contributed by atoms with Crippen molar-refractivity contribution < 1.29 is 14.3 Å². The van der Waals surface area contributed by atoms with Crippen molar-refractivity contribution in [3.8, 4) is 0 Å². The Labute approximate surface area is 201 Å². The monoisotopic (exact) mass is 546 g/mol. The van der Waals surface area contributed by atoms with Gasteiger partial charge in [0.1, 0.15) is 0 Å². The number of carbonyl (C=O) groups is 2. The molecular weight excluding hydrogens is 511 g/mol. The molecule has 0 spiro atoms. The summed E-state index contributed by atoms with van der Waals surface area (Å²) >= 11 is 0. The highest BCUT2D eigenvalue weighted by Gasteiger charge is 2.28. The van der Waals surface area contributed by atoms with Gasteiger partial charge in [-0.2, -0.15) is 0 Å². The van der Waals surface area contributed by atoms with E-state index in [0.717, 1.165) is 50.9 Å². The predicted octanol–water partition coefficient (Wildman–Crippen LogP) is 0.686. The Morgan fingerprint density at radius 3 is 2.35 bits per heavy atom. The summed E-state index contributed by atoms with van der Waals surface area (Å²) in [5.41, 5.74) is 6.48. The van der Waals surface area contributed by atoms with Crippen LogP contribution >= 0.6 is 24.0 Å². The van der Waals surface area contributed by atoms with E-state index in [9.17, 15) is 9.59 Å². The third-order valence-electron chi connectivity index (χ3n) is 4.96. The minimum absolute atomic E-state index is 0. The number of guanidine groups is 1. The summed E-state index contributed by atoms with van der Waals surface area (Å²) in [6.07, 6.45) is 0. The third kappa shape index (κ3) is 9.40. The van der Waals surface area contributed by atoms with E-state index in [4.69, 9.17) is 10.5 Å². The van der Waals surface area contributed by atoms with Gasteiger partial charge in [0.25, 0.3) is 5.91 Å². The predicted molar refractivity (Wildman–Crippen MR) is 133 cm³/mol. The van der Waals surface area contributed by atoms with Crippen molar-refractivity contribution >= 4 is 41.8 Å². The van der Waals surface area contributed by atoms with Gasteiger partial charge in [0, 0.05) is 37.3 Å². The topological polar surface area (TPSA) is 121 Å². The number of primary amides is 1. The molecule has 1 fully saturated rings. The second-order valence-electron chi connectivity index (χ2n) is 7.81. The zero-order valence-electron chi connectivity index (χ0n) is 18.6. The molecule has 174 valence electrons. The molecule has 1 aromatic rings. The Hall–Kier alpha value is -1.92. The largest absolute Gasteiger partial charge is 0.379 e. The first-order valence-electron chi connectivity index (χ1n) is 10.3. The van der Waals surface area contributed by atoms with E-state index in [2.05, 4.69) is 39.7 Å². The number of hydrogen-bond acceptors (Lipinski definition) is 5. The quantitative estimate of drug-likeness (QED) is 0.206. The third-order valence-corrected chi connectivity index (χ3v) is 4.96. The molecule has 0 unspecified atom stereocenters. The molecule has 0 radical (unpaired) electrons. The van der Waals surface area contributed by atoms with Crippen molar-refractivity contribution in [2.45, 2.75) is 32.9 Å². The van der Waals surface area contributed by atoms with Gasteiger partial charge in [-0.1, -0.05) is 12.1 Å². The zero-order chi connectivity index (χ0) is 22.0. The lowest BCUT2D eigenvalue weighted by Gasteiger charge is -2.41. The van der Waals surface area contributed by atoms with E-state index >= 15 is 0 Å². The lowest BCUT2D eigenvalue weighted by Crippen LogP contribution is -2.56. The van der Waals surface area contributed by atoms with Crippen LogP contribution in [0.25, 0.3) is 0 Å². The van der Waals surface area contributed by atoms with Crippen LogP contribution in [0.15, 0.2) is 29.3 Å². The molecular formula is C21H35IN6O3. The average molecular weight is 546 g/mol. The average Bonchev–Trinajstić information content (AvgIpc) is 2.75. The maximum absolute atomic E-state index is 11.9. The van der Waals surface area contributed by atoms with Crippen LogP contribution in [0.5, 0.6) is 0 Å². The number of rotatable bonds is 9. The molecule has 5 N–H and O–H groups in total. The van der Waals surface area contributed by atoms with E-state index in [1.807, 2.05) is 19.1 Å². The van der Waals surface area contributed by atoms with Gasteiger partial charge in [-0.15, -0.1) is 24.0 Å². The van der Waals surface area contributed by atoms with E-state index in [-0.39, 0.29) is 42.0 Å². The van der Waals surface area contributed by atoms with Crippen molar-refractivity contribution in [1.29, 1.82) is 0 Å². The van der Waals surface area contributed by atoms with Crippen LogP contribution in [0.2, 0.25) is 0 Å². The number of nitrogens with one attached hydrogen (secondary N) is 3. The minimum atomic E-state index is -0.574. The lowest BCUT2D eigenvalue weighted by molar-refractivity contribution is -0.117. The molecule has 2 rings (SSSR count). The van der Waals surface area contributed by atoms with Gasteiger partial charge in [0.15, 0.2) is 5.96 Å². The molecule has 1 aliphatic heterocycles. The number of morpholine rings is 1. The minimum Gasteiger partial charge on any atom is -0.379 e. The molecule has 0 atom stereocenters. The van der Waals surface area contributed by atoms with E-state index in [0.29, 0.717) is 12.1 Å². The Balaban J connectivity index is 0.00000480. The van der Waals surface area contributed by atoms with Gasteiger partial charge in [0.05, 0.1) is 26.3 Å². The molecule has 1 aromatic carbocycles. The van der Waals surface area contributed by atoms with Crippen molar-refractivity contribution in [1.82, 2.24) is 20.9 Å². The first-order chi connectivity index (χ1) is 14.3. The van der Waals surface area contributed by atoms with Gasteiger partial charge >= 0.3 is 0 Å². The highest BCUT2D eigenvalue weighted by molar-refractivity contribution is 14.0. The molecule has 1 aliphatic rings. The molecule has 0 aromatic heterocycles. The SMILES string of the molecule is CCNC(=NCc1ccc(C(=O)NCC(N)=O)cc1)NCC(C)(C)N1CCOCC1.I. The standard InChI is InChI=1S/C21H34N6O3.HI/c1-4-23-20(26-15-21(2,3)27-9-11-30-12-10-27)25-13-16-5-7-17(8-6-16)19(29)24-14-18(22)28;/h5-8H,4,9-15H2,1-3H3,(H2,22,28)(H,24,29)(H2,23,25,26);1H. The summed E-state index contributed by atoms with van der Waals surface area (Å²) in [5.74, 6) is -0.152. The number of halogens is 1. The molecule has 0 bridgehead atoms. The van der Waals surface area contributed by atoms with Crippen LogP contribution < -0.4 is 21.7 Å². The Morgan fingerprint density at radius 2 is 1.77 bits per heavy atom. The van der Waals surface area contributed by atoms with Gasteiger partial charge in [-0.3, -0.25) is 14.5 Å². The number of nitrogens with zero attached hydrogens (tertiary/aromatic N) is 2. The molecule has 0 aliphatic carbocycles. The normalized spacial score (nSPS) is 15.0. The number of carbonyl (C=O) groups excluding carboxylic acids is 2. The van der Waals surface area contributed by atoms with Crippen LogP contribution in [0.4, 0.5) is 0 Å². The highest BCUT2D eigenvalue weighted by atomic mass is 127.